The minimum atomic E-state index is -0.345. The number of phenols is 2. The number of nitrogens with zero attached hydrogens (tertiary/aromatic N) is 1. The number of amides is 1. The Kier molecular flexibility index (Phi) is 4.56. The van der Waals surface area contributed by atoms with Crippen LogP contribution in [0.25, 0.3) is 0 Å². The number of hydrogen-bond donors (Lipinski definition) is 3. The largest absolute Gasteiger partial charge is 0.508 e. The molecule has 0 aromatic heterocycles. The van der Waals surface area contributed by atoms with E-state index in [0.29, 0.717) is 6.54 Å². The third kappa shape index (κ3) is 3.69. The van der Waals surface area contributed by atoms with Gasteiger partial charge in [-0.05, 0) is 42.3 Å². The van der Waals surface area contributed by atoms with E-state index >= 15 is 0 Å². The fraction of sp³-hybridized carbons (Fsp3) is 0.235. The Hall–Kier alpha value is -2.69. The minimum absolute atomic E-state index is 0.142. The summed E-state index contributed by atoms with van der Waals surface area (Å²) in [6.45, 7) is 2.38. The van der Waals surface area contributed by atoms with Crippen LogP contribution in [-0.2, 0) is 6.54 Å². The smallest absolute Gasteiger partial charge is 0.251 e. The highest BCUT2D eigenvalue weighted by Gasteiger charge is 2.09. The molecule has 0 unspecified atom stereocenters. The van der Waals surface area contributed by atoms with Crippen molar-refractivity contribution in [2.24, 2.45) is 0 Å². The van der Waals surface area contributed by atoms with Crippen molar-refractivity contribution in [3.8, 4) is 11.5 Å². The zero-order chi connectivity index (χ0) is 16.3. The molecule has 1 amide bonds. The van der Waals surface area contributed by atoms with Crippen LogP contribution in [0.3, 0.4) is 0 Å². The van der Waals surface area contributed by atoms with E-state index in [1.54, 1.807) is 0 Å². The summed E-state index contributed by atoms with van der Waals surface area (Å²) in [7, 11) is 3.95. The van der Waals surface area contributed by atoms with Gasteiger partial charge in [-0.1, -0.05) is 6.07 Å². The van der Waals surface area contributed by atoms with E-state index in [1.165, 1.54) is 18.2 Å². The number of rotatable bonds is 4. The lowest BCUT2D eigenvalue weighted by molar-refractivity contribution is 0.0950. The van der Waals surface area contributed by atoms with Crippen LogP contribution in [0.5, 0.6) is 11.5 Å². The van der Waals surface area contributed by atoms with Gasteiger partial charge in [0, 0.05) is 38.0 Å². The Morgan fingerprint density at radius 1 is 1.09 bits per heavy atom. The molecule has 3 N–H and O–H groups in total. The van der Waals surface area contributed by atoms with Crippen molar-refractivity contribution in [3.63, 3.8) is 0 Å². The van der Waals surface area contributed by atoms with Crippen molar-refractivity contribution < 1.29 is 15.0 Å². The lowest BCUT2D eigenvalue weighted by Gasteiger charge is -2.15. The molecule has 2 aromatic carbocycles. The lowest BCUT2D eigenvalue weighted by atomic mass is 10.1. The van der Waals surface area contributed by atoms with E-state index in [0.717, 1.165) is 16.8 Å². The van der Waals surface area contributed by atoms with E-state index in [9.17, 15) is 15.0 Å². The third-order valence-corrected chi connectivity index (χ3v) is 3.45. The number of aryl methyl sites for hydroxylation is 1. The second kappa shape index (κ2) is 6.39. The molecule has 0 heterocycles. The van der Waals surface area contributed by atoms with Crippen molar-refractivity contribution in [2.75, 3.05) is 19.0 Å². The van der Waals surface area contributed by atoms with Gasteiger partial charge in [-0.3, -0.25) is 4.79 Å². The van der Waals surface area contributed by atoms with Gasteiger partial charge in [0.2, 0.25) is 0 Å². The van der Waals surface area contributed by atoms with Crippen molar-refractivity contribution >= 4 is 11.6 Å². The molecule has 0 spiro atoms. The molecule has 5 nitrogen and oxygen atoms in total. The van der Waals surface area contributed by atoms with Crippen LogP contribution in [-0.4, -0.2) is 30.2 Å². The molecule has 0 saturated carbocycles. The maximum atomic E-state index is 12.1. The molecule has 0 aliphatic carbocycles. The molecule has 2 rings (SSSR count). The lowest BCUT2D eigenvalue weighted by Crippen LogP contribution is -2.23. The number of phenolic OH excluding ortho intramolecular Hbond substituents is 2. The fourth-order valence-electron chi connectivity index (χ4n) is 2.16. The molecule has 0 bridgehead atoms. The monoisotopic (exact) mass is 300 g/mol. The Morgan fingerprint density at radius 3 is 2.27 bits per heavy atom. The predicted octanol–water partition coefficient (Wildman–Crippen LogP) is 2.40. The van der Waals surface area contributed by atoms with E-state index in [1.807, 2.05) is 38.1 Å². The molecule has 0 saturated heterocycles. The van der Waals surface area contributed by atoms with E-state index in [-0.39, 0.29) is 23.0 Å². The highest BCUT2D eigenvalue weighted by Crippen LogP contribution is 2.21. The molecular weight excluding hydrogens is 280 g/mol. The van der Waals surface area contributed by atoms with Crippen molar-refractivity contribution in [1.82, 2.24) is 5.32 Å². The summed E-state index contributed by atoms with van der Waals surface area (Å²) in [4.78, 5) is 14.1. The average Bonchev–Trinajstić information content (AvgIpc) is 2.44. The van der Waals surface area contributed by atoms with Gasteiger partial charge in [-0.15, -0.1) is 0 Å². The fourth-order valence-corrected chi connectivity index (χ4v) is 2.16. The Bertz CT molecular complexity index is 676. The highest BCUT2D eigenvalue weighted by molar-refractivity contribution is 5.95. The molecular formula is C17H20N2O3. The number of aromatic hydroxyl groups is 2. The van der Waals surface area contributed by atoms with Gasteiger partial charge < -0.3 is 20.4 Å². The van der Waals surface area contributed by atoms with Gasteiger partial charge in [0.15, 0.2) is 0 Å². The summed E-state index contributed by atoms with van der Waals surface area (Å²) >= 11 is 0. The quantitative estimate of drug-likeness (QED) is 0.810. The van der Waals surface area contributed by atoms with Crippen LogP contribution in [0.15, 0.2) is 36.4 Å². The first-order chi connectivity index (χ1) is 10.4. The Labute approximate surface area is 129 Å². The highest BCUT2D eigenvalue weighted by atomic mass is 16.3. The second-order valence-corrected chi connectivity index (χ2v) is 5.43. The van der Waals surface area contributed by atoms with E-state index in [4.69, 9.17) is 0 Å². The van der Waals surface area contributed by atoms with E-state index < -0.39 is 0 Å². The summed E-state index contributed by atoms with van der Waals surface area (Å²) in [5.41, 5.74) is 3.43. The summed E-state index contributed by atoms with van der Waals surface area (Å²) < 4.78 is 0. The summed E-state index contributed by atoms with van der Waals surface area (Å²) in [5, 5.41) is 21.6. The first-order valence-corrected chi connectivity index (χ1v) is 6.95. The normalized spacial score (nSPS) is 10.3. The summed E-state index contributed by atoms with van der Waals surface area (Å²) in [6.07, 6.45) is 0. The zero-order valence-corrected chi connectivity index (χ0v) is 12.9. The number of anilines is 1. The first kappa shape index (κ1) is 15.7. The summed E-state index contributed by atoms with van der Waals surface area (Å²) in [5.74, 6) is -0.629. The molecule has 2 aromatic rings. The van der Waals surface area contributed by atoms with Gasteiger partial charge >= 0.3 is 0 Å². The van der Waals surface area contributed by atoms with Gasteiger partial charge in [0.05, 0.1) is 0 Å². The average molecular weight is 300 g/mol. The van der Waals surface area contributed by atoms with Crippen molar-refractivity contribution in [1.29, 1.82) is 0 Å². The third-order valence-electron chi connectivity index (χ3n) is 3.45. The minimum Gasteiger partial charge on any atom is -0.508 e. The number of nitrogens with one attached hydrogen (secondary N) is 1. The predicted molar refractivity (Wildman–Crippen MR) is 86.4 cm³/mol. The van der Waals surface area contributed by atoms with Crippen molar-refractivity contribution in [2.45, 2.75) is 13.5 Å². The molecule has 0 radical (unpaired) electrons. The maximum absolute atomic E-state index is 12.1. The van der Waals surface area contributed by atoms with Gasteiger partial charge in [0.1, 0.15) is 11.5 Å². The Morgan fingerprint density at radius 2 is 1.73 bits per heavy atom. The maximum Gasteiger partial charge on any atom is 0.251 e. The first-order valence-electron chi connectivity index (χ1n) is 6.95. The van der Waals surface area contributed by atoms with Crippen LogP contribution in [0.4, 0.5) is 5.69 Å². The van der Waals surface area contributed by atoms with Crippen molar-refractivity contribution in [3.05, 3.63) is 53.1 Å². The topological polar surface area (TPSA) is 72.8 Å². The van der Waals surface area contributed by atoms with Crippen LogP contribution >= 0.6 is 0 Å². The molecule has 5 heteroatoms. The molecule has 0 atom stereocenters. The number of carbonyl (C=O) groups is 1. The van der Waals surface area contributed by atoms with Crippen LogP contribution in [0.2, 0.25) is 0 Å². The molecule has 0 fully saturated rings. The van der Waals surface area contributed by atoms with Crippen LogP contribution < -0.4 is 10.2 Å². The van der Waals surface area contributed by atoms with E-state index in [2.05, 4.69) is 11.4 Å². The van der Waals surface area contributed by atoms with Gasteiger partial charge in [0.25, 0.3) is 5.91 Å². The standard InChI is InChI=1S/C17H20N2O3/c1-11-6-14(19(2)3)5-4-12(11)10-18-17(22)13-7-15(20)9-16(21)8-13/h4-9,20-21H,10H2,1-3H3,(H,18,22). The number of benzene rings is 2. The number of carbonyl (C=O) groups excluding carboxylic acids is 1. The number of hydrogen-bond acceptors (Lipinski definition) is 4. The van der Waals surface area contributed by atoms with Crippen LogP contribution in [0.1, 0.15) is 21.5 Å². The molecule has 0 aliphatic heterocycles. The molecule has 116 valence electrons. The van der Waals surface area contributed by atoms with Gasteiger partial charge in [-0.2, -0.15) is 0 Å². The summed E-state index contributed by atoms with van der Waals surface area (Å²) in [6, 6.07) is 9.84. The molecule has 0 aliphatic rings. The second-order valence-electron chi connectivity index (χ2n) is 5.43. The SMILES string of the molecule is Cc1cc(N(C)C)ccc1CNC(=O)c1cc(O)cc(O)c1. The zero-order valence-electron chi connectivity index (χ0n) is 12.9. The van der Waals surface area contributed by atoms with Crippen LogP contribution in [0, 0.1) is 6.92 Å². The Balaban J connectivity index is 2.08. The van der Waals surface area contributed by atoms with Gasteiger partial charge in [-0.25, -0.2) is 0 Å². The molecule has 22 heavy (non-hydrogen) atoms.